The van der Waals surface area contributed by atoms with Crippen LogP contribution in [0.15, 0.2) is 33.9 Å². The molecule has 9 heteroatoms. The highest BCUT2D eigenvalue weighted by molar-refractivity contribution is 5.82. The van der Waals surface area contributed by atoms with Crippen molar-refractivity contribution in [2.75, 3.05) is 23.7 Å². The summed E-state index contributed by atoms with van der Waals surface area (Å²) in [5.74, 6) is -0.343. The molecule has 0 saturated heterocycles. The van der Waals surface area contributed by atoms with Crippen molar-refractivity contribution in [3.05, 3.63) is 56.5 Å². The van der Waals surface area contributed by atoms with Crippen molar-refractivity contribution in [3.63, 3.8) is 0 Å². The SMILES string of the molecule is CC(C)CN(CC(=O)NCc1ccc(F)cc1)c1c(N)n(CC(C)C)c(=O)[nH]c1=O. The number of anilines is 2. The van der Waals surface area contributed by atoms with Crippen LogP contribution < -0.4 is 27.2 Å². The number of nitrogens with one attached hydrogen (secondary N) is 2. The van der Waals surface area contributed by atoms with Gasteiger partial charge in [-0.2, -0.15) is 0 Å². The standard InChI is InChI=1S/C21H30FN5O3/c1-13(2)10-26(12-17(28)24-9-15-5-7-16(22)8-6-15)18-19(23)27(11-14(3)4)21(30)25-20(18)29/h5-8,13-14H,9-12,23H2,1-4H3,(H,24,28)(H,25,29,30). The lowest BCUT2D eigenvalue weighted by Crippen LogP contribution is -2.44. The number of nitrogens with two attached hydrogens (primary N) is 1. The molecule has 164 valence electrons. The largest absolute Gasteiger partial charge is 0.383 e. The van der Waals surface area contributed by atoms with Gasteiger partial charge in [-0.3, -0.25) is 19.1 Å². The zero-order valence-corrected chi connectivity index (χ0v) is 17.9. The summed E-state index contributed by atoms with van der Waals surface area (Å²) >= 11 is 0. The van der Waals surface area contributed by atoms with E-state index < -0.39 is 11.2 Å². The van der Waals surface area contributed by atoms with Gasteiger partial charge in [0.25, 0.3) is 5.56 Å². The Kier molecular flexibility index (Phi) is 7.79. The van der Waals surface area contributed by atoms with E-state index in [4.69, 9.17) is 5.73 Å². The van der Waals surface area contributed by atoms with Gasteiger partial charge in [-0.1, -0.05) is 39.8 Å². The average molecular weight is 420 g/mol. The summed E-state index contributed by atoms with van der Waals surface area (Å²) in [4.78, 5) is 41.2. The molecule has 8 nitrogen and oxygen atoms in total. The van der Waals surface area contributed by atoms with Gasteiger partial charge in [0.2, 0.25) is 5.91 Å². The van der Waals surface area contributed by atoms with Gasteiger partial charge in [-0.15, -0.1) is 0 Å². The smallest absolute Gasteiger partial charge is 0.330 e. The minimum atomic E-state index is -0.621. The van der Waals surface area contributed by atoms with Gasteiger partial charge < -0.3 is 16.0 Å². The van der Waals surface area contributed by atoms with Crippen molar-refractivity contribution in [1.29, 1.82) is 0 Å². The molecule has 0 atom stereocenters. The van der Waals surface area contributed by atoms with Gasteiger partial charge in [0.05, 0.1) is 6.54 Å². The molecule has 0 unspecified atom stereocenters. The highest BCUT2D eigenvalue weighted by Gasteiger charge is 2.22. The number of hydrogen-bond acceptors (Lipinski definition) is 5. The molecule has 0 spiro atoms. The molecule has 2 aromatic rings. The van der Waals surface area contributed by atoms with E-state index in [9.17, 15) is 18.8 Å². The first-order chi connectivity index (χ1) is 14.1. The first-order valence-electron chi connectivity index (χ1n) is 9.97. The monoisotopic (exact) mass is 419 g/mol. The van der Waals surface area contributed by atoms with Crippen LogP contribution in [0.25, 0.3) is 0 Å². The van der Waals surface area contributed by atoms with Crippen LogP contribution in [0.2, 0.25) is 0 Å². The predicted molar refractivity (Wildman–Crippen MR) is 116 cm³/mol. The second kappa shape index (κ2) is 10.1. The van der Waals surface area contributed by atoms with Crippen LogP contribution in [0.1, 0.15) is 33.3 Å². The van der Waals surface area contributed by atoms with Crippen molar-refractivity contribution >= 4 is 17.4 Å². The lowest BCUT2D eigenvalue weighted by atomic mass is 10.2. The summed E-state index contributed by atoms with van der Waals surface area (Å²) in [7, 11) is 0. The van der Waals surface area contributed by atoms with E-state index in [2.05, 4.69) is 10.3 Å². The molecule has 0 radical (unpaired) electrons. The van der Waals surface area contributed by atoms with Crippen LogP contribution >= 0.6 is 0 Å². The van der Waals surface area contributed by atoms with Crippen LogP contribution in [0.4, 0.5) is 15.9 Å². The predicted octanol–water partition coefficient (Wildman–Crippen LogP) is 1.69. The van der Waals surface area contributed by atoms with E-state index in [1.165, 1.54) is 16.7 Å². The van der Waals surface area contributed by atoms with Crippen molar-refractivity contribution in [1.82, 2.24) is 14.9 Å². The van der Waals surface area contributed by atoms with E-state index in [0.717, 1.165) is 5.56 Å². The molecule has 0 aliphatic carbocycles. The summed E-state index contributed by atoms with van der Waals surface area (Å²) in [6.45, 7) is 8.66. The zero-order chi connectivity index (χ0) is 22.4. The lowest BCUT2D eigenvalue weighted by Gasteiger charge is -2.27. The summed E-state index contributed by atoms with van der Waals surface area (Å²) in [5.41, 5.74) is 5.87. The Morgan fingerprint density at radius 1 is 1.17 bits per heavy atom. The molecule has 0 aliphatic heterocycles. The van der Waals surface area contributed by atoms with Crippen molar-refractivity contribution in [2.24, 2.45) is 11.8 Å². The number of aromatic nitrogens is 2. The molecule has 2 rings (SSSR count). The summed E-state index contributed by atoms with van der Waals surface area (Å²) in [6.07, 6.45) is 0. The van der Waals surface area contributed by atoms with Crippen molar-refractivity contribution < 1.29 is 9.18 Å². The maximum Gasteiger partial charge on any atom is 0.330 e. The number of H-pyrrole nitrogens is 1. The highest BCUT2D eigenvalue weighted by Crippen LogP contribution is 2.18. The Morgan fingerprint density at radius 2 is 1.80 bits per heavy atom. The maximum absolute atomic E-state index is 13.0. The Bertz CT molecular complexity index is 980. The number of carbonyl (C=O) groups is 1. The number of nitrogens with zero attached hydrogens (tertiary/aromatic N) is 2. The number of halogens is 1. The molecule has 1 aromatic carbocycles. The third-order valence-electron chi connectivity index (χ3n) is 4.40. The molecule has 4 N–H and O–H groups in total. The number of amides is 1. The molecule has 0 aliphatic rings. The summed E-state index contributed by atoms with van der Waals surface area (Å²) in [5, 5.41) is 2.76. The molecular formula is C21H30FN5O3. The van der Waals surface area contributed by atoms with Crippen LogP contribution in [0.3, 0.4) is 0 Å². The van der Waals surface area contributed by atoms with Gasteiger partial charge in [0.15, 0.2) is 0 Å². The summed E-state index contributed by atoms with van der Waals surface area (Å²) in [6, 6.07) is 5.83. The molecule has 0 bridgehead atoms. The third kappa shape index (κ3) is 6.20. The van der Waals surface area contributed by atoms with Crippen LogP contribution in [-0.2, 0) is 17.9 Å². The third-order valence-corrected chi connectivity index (χ3v) is 4.40. The number of aromatic amines is 1. The van der Waals surface area contributed by atoms with Gasteiger partial charge in [0, 0.05) is 19.6 Å². The van der Waals surface area contributed by atoms with Crippen LogP contribution in [0.5, 0.6) is 0 Å². The number of rotatable bonds is 9. The zero-order valence-electron chi connectivity index (χ0n) is 17.9. The fourth-order valence-corrected chi connectivity index (χ4v) is 3.14. The molecule has 0 fully saturated rings. The maximum atomic E-state index is 13.0. The minimum Gasteiger partial charge on any atom is -0.383 e. The van der Waals surface area contributed by atoms with Gasteiger partial charge in [-0.25, -0.2) is 9.18 Å². The molecule has 1 aromatic heterocycles. The first kappa shape index (κ1) is 23.2. The fourth-order valence-electron chi connectivity index (χ4n) is 3.14. The summed E-state index contributed by atoms with van der Waals surface area (Å²) < 4.78 is 14.3. The average Bonchev–Trinajstić information content (AvgIpc) is 2.64. The van der Waals surface area contributed by atoms with Gasteiger partial charge in [0.1, 0.15) is 17.3 Å². The first-order valence-corrected chi connectivity index (χ1v) is 9.97. The second-order valence-corrected chi connectivity index (χ2v) is 8.18. The van der Waals surface area contributed by atoms with Crippen LogP contribution in [-0.4, -0.2) is 28.5 Å². The second-order valence-electron chi connectivity index (χ2n) is 8.18. The van der Waals surface area contributed by atoms with E-state index in [1.54, 1.807) is 17.0 Å². The number of carbonyl (C=O) groups excluding carboxylic acids is 1. The van der Waals surface area contributed by atoms with Crippen molar-refractivity contribution in [3.8, 4) is 0 Å². The normalized spacial score (nSPS) is 11.2. The quantitative estimate of drug-likeness (QED) is 0.572. The molecular weight excluding hydrogens is 389 g/mol. The minimum absolute atomic E-state index is 0.0458. The Labute approximate surface area is 174 Å². The van der Waals surface area contributed by atoms with E-state index in [1.807, 2.05) is 27.7 Å². The number of hydrogen-bond donors (Lipinski definition) is 3. The molecule has 1 amide bonds. The van der Waals surface area contributed by atoms with Crippen LogP contribution in [0, 0.1) is 17.7 Å². The number of nitrogen functional groups attached to an aromatic ring is 1. The highest BCUT2D eigenvalue weighted by atomic mass is 19.1. The van der Waals surface area contributed by atoms with E-state index in [-0.39, 0.29) is 48.2 Å². The fraction of sp³-hybridized carbons (Fsp3) is 0.476. The van der Waals surface area contributed by atoms with E-state index >= 15 is 0 Å². The van der Waals surface area contributed by atoms with E-state index in [0.29, 0.717) is 13.1 Å². The Morgan fingerprint density at radius 3 is 2.37 bits per heavy atom. The molecule has 0 saturated carbocycles. The van der Waals surface area contributed by atoms with Gasteiger partial charge >= 0.3 is 5.69 Å². The van der Waals surface area contributed by atoms with Gasteiger partial charge in [-0.05, 0) is 29.5 Å². The molecule has 30 heavy (non-hydrogen) atoms. The van der Waals surface area contributed by atoms with Crippen molar-refractivity contribution in [2.45, 2.75) is 40.8 Å². The topological polar surface area (TPSA) is 113 Å². The molecule has 1 heterocycles. The Balaban J connectivity index is 2.26. The lowest BCUT2D eigenvalue weighted by molar-refractivity contribution is -0.119. The Hall–Kier alpha value is -3.10. The number of benzene rings is 1.